The molecule has 1 amide bonds. The summed E-state index contributed by atoms with van der Waals surface area (Å²) in [6, 6.07) is 10.3. The molecule has 0 radical (unpaired) electrons. The number of halogens is 1. The minimum Gasteiger partial charge on any atom is -0.325 e. The van der Waals surface area contributed by atoms with Gasteiger partial charge in [-0.15, -0.1) is 10.2 Å². The number of benzene rings is 2. The lowest BCUT2D eigenvalue weighted by molar-refractivity contribution is -0.113. The van der Waals surface area contributed by atoms with Gasteiger partial charge < -0.3 is 5.32 Å². The molecule has 3 aromatic rings. The number of sulfonamides is 1. The van der Waals surface area contributed by atoms with E-state index in [4.69, 9.17) is 5.14 Å². The van der Waals surface area contributed by atoms with Crippen molar-refractivity contribution in [1.29, 1.82) is 0 Å². The number of nitrogens with one attached hydrogen (secondary N) is 1. The second-order valence-corrected chi connectivity index (χ2v) is 10.1. The van der Waals surface area contributed by atoms with Crippen LogP contribution in [0.1, 0.15) is 24.4 Å². The summed E-state index contributed by atoms with van der Waals surface area (Å²) in [7, 11) is -0.0903. The van der Waals surface area contributed by atoms with Crippen molar-refractivity contribution in [3.8, 4) is 5.69 Å². The second kappa shape index (κ2) is 10.00. The lowest BCUT2D eigenvalue weighted by atomic mass is 10.2. The summed E-state index contributed by atoms with van der Waals surface area (Å²) in [4.78, 5) is 14.5. The molecule has 176 valence electrons. The molecule has 1 unspecified atom stereocenters. The third-order valence-corrected chi connectivity index (χ3v) is 6.98. The summed E-state index contributed by atoms with van der Waals surface area (Å²) in [6.07, 6.45) is 0. The van der Waals surface area contributed by atoms with E-state index in [-0.39, 0.29) is 28.4 Å². The van der Waals surface area contributed by atoms with Crippen LogP contribution < -0.4 is 10.5 Å². The molecule has 33 heavy (non-hydrogen) atoms. The smallest absolute Gasteiger partial charge is 0.238 e. The Morgan fingerprint density at radius 1 is 1.21 bits per heavy atom. The number of aryl methyl sites for hydroxylation is 1. The van der Waals surface area contributed by atoms with Crippen LogP contribution in [-0.4, -0.2) is 53.8 Å². The van der Waals surface area contributed by atoms with Gasteiger partial charge in [0.2, 0.25) is 15.9 Å². The number of aromatic nitrogens is 3. The number of thioether (sulfide) groups is 1. The standard InChI is InChI=1S/C21H25FN6O3S2/c1-13-5-8-16(11-18(13)33(23,30)31)24-19(29)12-32-21-26-25-20(14(2)27(3)4)28(21)17-9-6-15(22)7-10-17/h5-11,14H,12H2,1-4H3,(H,24,29)(H2,23,30,31). The molecular weight excluding hydrogens is 467 g/mol. The van der Waals surface area contributed by atoms with Gasteiger partial charge in [0.05, 0.1) is 16.7 Å². The van der Waals surface area contributed by atoms with Crippen LogP contribution in [0, 0.1) is 12.7 Å². The van der Waals surface area contributed by atoms with E-state index in [1.807, 2.05) is 25.9 Å². The minimum atomic E-state index is -3.91. The Balaban J connectivity index is 1.81. The maximum Gasteiger partial charge on any atom is 0.238 e. The van der Waals surface area contributed by atoms with E-state index >= 15 is 0 Å². The van der Waals surface area contributed by atoms with Gasteiger partial charge in [-0.1, -0.05) is 17.8 Å². The zero-order valence-corrected chi connectivity index (χ0v) is 20.2. The Morgan fingerprint density at radius 3 is 2.48 bits per heavy atom. The fourth-order valence-corrected chi connectivity index (χ4v) is 4.59. The molecule has 0 spiro atoms. The quantitative estimate of drug-likeness (QED) is 0.464. The van der Waals surface area contributed by atoms with Crippen LogP contribution in [-0.2, 0) is 14.8 Å². The molecule has 1 atom stereocenters. The zero-order valence-electron chi connectivity index (χ0n) is 18.6. The van der Waals surface area contributed by atoms with Crippen molar-refractivity contribution >= 4 is 33.4 Å². The molecule has 0 aliphatic rings. The first-order valence-electron chi connectivity index (χ1n) is 9.91. The van der Waals surface area contributed by atoms with Crippen LogP contribution in [0.4, 0.5) is 10.1 Å². The van der Waals surface area contributed by atoms with Crippen LogP contribution in [0.2, 0.25) is 0 Å². The van der Waals surface area contributed by atoms with Crippen LogP contribution in [0.15, 0.2) is 52.5 Å². The molecule has 0 bridgehead atoms. The van der Waals surface area contributed by atoms with E-state index in [1.54, 1.807) is 35.8 Å². The number of carbonyl (C=O) groups excluding carboxylic acids is 1. The minimum absolute atomic E-state index is 0.00570. The molecule has 3 N–H and O–H groups in total. The van der Waals surface area contributed by atoms with Gasteiger partial charge in [0.15, 0.2) is 11.0 Å². The highest BCUT2D eigenvalue weighted by molar-refractivity contribution is 7.99. The average molecular weight is 493 g/mol. The number of nitrogens with zero attached hydrogens (tertiary/aromatic N) is 4. The third kappa shape index (κ3) is 5.96. The summed E-state index contributed by atoms with van der Waals surface area (Å²) in [5.41, 5.74) is 1.47. The van der Waals surface area contributed by atoms with E-state index in [1.165, 1.54) is 18.2 Å². The van der Waals surface area contributed by atoms with Crippen molar-refractivity contribution < 1.29 is 17.6 Å². The van der Waals surface area contributed by atoms with Gasteiger partial charge in [0.1, 0.15) is 5.82 Å². The number of hydrogen-bond acceptors (Lipinski definition) is 7. The molecule has 0 aliphatic heterocycles. The predicted octanol–water partition coefficient (Wildman–Crippen LogP) is 2.72. The molecule has 3 rings (SSSR count). The Kier molecular flexibility index (Phi) is 7.52. The summed E-state index contributed by atoms with van der Waals surface area (Å²) in [5.74, 6) is -0.0839. The Bertz CT molecular complexity index is 1260. The SMILES string of the molecule is Cc1ccc(NC(=O)CSc2nnc(C(C)N(C)C)n2-c2ccc(F)cc2)cc1S(N)(=O)=O. The van der Waals surface area contributed by atoms with Crippen LogP contribution >= 0.6 is 11.8 Å². The molecule has 12 heteroatoms. The largest absolute Gasteiger partial charge is 0.325 e. The number of carbonyl (C=O) groups is 1. The molecule has 0 fully saturated rings. The topological polar surface area (TPSA) is 123 Å². The van der Waals surface area contributed by atoms with Crippen molar-refractivity contribution in [1.82, 2.24) is 19.7 Å². The van der Waals surface area contributed by atoms with Crippen molar-refractivity contribution in [3.05, 3.63) is 59.7 Å². The Labute approximate surface area is 196 Å². The maximum absolute atomic E-state index is 13.5. The Morgan fingerprint density at radius 2 is 1.88 bits per heavy atom. The lowest BCUT2D eigenvalue weighted by Gasteiger charge is -2.20. The summed E-state index contributed by atoms with van der Waals surface area (Å²) < 4.78 is 38.7. The van der Waals surface area contributed by atoms with Gasteiger partial charge in [-0.25, -0.2) is 17.9 Å². The van der Waals surface area contributed by atoms with Crippen LogP contribution in [0.5, 0.6) is 0 Å². The number of hydrogen-bond donors (Lipinski definition) is 2. The number of rotatable bonds is 8. The number of anilines is 1. The van der Waals surface area contributed by atoms with E-state index in [0.717, 1.165) is 11.8 Å². The predicted molar refractivity (Wildman–Crippen MR) is 125 cm³/mol. The summed E-state index contributed by atoms with van der Waals surface area (Å²) in [6.45, 7) is 3.58. The van der Waals surface area contributed by atoms with Gasteiger partial charge in [0, 0.05) is 11.4 Å². The zero-order chi connectivity index (χ0) is 24.3. The van der Waals surface area contributed by atoms with Crippen LogP contribution in [0.3, 0.4) is 0 Å². The van der Waals surface area contributed by atoms with E-state index < -0.39 is 10.0 Å². The summed E-state index contributed by atoms with van der Waals surface area (Å²) >= 11 is 1.16. The number of nitrogens with two attached hydrogens (primary N) is 1. The van der Waals surface area contributed by atoms with Gasteiger partial charge >= 0.3 is 0 Å². The molecule has 0 saturated heterocycles. The van der Waals surface area contributed by atoms with Crippen molar-refractivity contribution in [2.45, 2.75) is 29.9 Å². The van der Waals surface area contributed by atoms with E-state index in [2.05, 4.69) is 15.5 Å². The fraction of sp³-hybridized carbons (Fsp3) is 0.286. The van der Waals surface area contributed by atoms with E-state index in [0.29, 0.717) is 27.9 Å². The third-order valence-electron chi connectivity index (χ3n) is 5.00. The molecule has 9 nitrogen and oxygen atoms in total. The van der Waals surface area contributed by atoms with Crippen molar-refractivity contribution in [2.75, 3.05) is 25.2 Å². The van der Waals surface area contributed by atoms with Crippen molar-refractivity contribution in [3.63, 3.8) is 0 Å². The first kappa shape index (κ1) is 24.8. The average Bonchev–Trinajstić information content (AvgIpc) is 3.16. The fourth-order valence-electron chi connectivity index (χ4n) is 3.02. The number of primary sulfonamides is 1. The molecule has 1 heterocycles. The first-order chi connectivity index (χ1) is 15.5. The second-order valence-electron chi connectivity index (χ2n) is 7.65. The normalized spacial score (nSPS) is 12.7. The monoisotopic (exact) mass is 492 g/mol. The van der Waals surface area contributed by atoms with E-state index in [9.17, 15) is 17.6 Å². The lowest BCUT2D eigenvalue weighted by Crippen LogP contribution is -2.21. The number of amides is 1. The Hall–Kier alpha value is -2.80. The molecular formula is C21H25FN6O3S2. The summed E-state index contributed by atoms with van der Waals surface area (Å²) in [5, 5.41) is 16.9. The highest BCUT2D eigenvalue weighted by atomic mass is 32.2. The van der Waals surface area contributed by atoms with Gasteiger partial charge in [-0.3, -0.25) is 14.3 Å². The molecule has 0 aliphatic carbocycles. The maximum atomic E-state index is 13.5. The molecule has 2 aromatic carbocycles. The first-order valence-corrected chi connectivity index (χ1v) is 12.4. The van der Waals surface area contributed by atoms with Gasteiger partial charge in [0.25, 0.3) is 0 Å². The molecule has 1 aromatic heterocycles. The highest BCUT2D eigenvalue weighted by Gasteiger charge is 2.22. The van der Waals surface area contributed by atoms with Crippen molar-refractivity contribution in [2.24, 2.45) is 5.14 Å². The van der Waals surface area contributed by atoms with Crippen LogP contribution in [0.25, 0.3) is 5.69 Å². The van der Waals surface area contributed by atoms with Gasteiger partial charge in [-0.2, -0.15) is 0 Å². The molecule has 0 saturated carbocycles. The van der Waals surface area contributed by atoms with Gasteiger partial charge in [-0.05, 0) is 69.9 Å². The highest BCUT2D eigenvalue weighted by Crippen LogP contribution is 2.27.